The first-order valence-corrected chi connectivity index (χ1v) is 7.29. The Balaban J connectivity index is 2.40. The van der Waals surface area contributed by atoms with E-state index in [2.05, 4.69) is 5.10 Å². The van der Waals surface area contributed by atoms with Crippen molar-refractivity contribution < 1.29 is 23.1 Å². The van der Waals surface area contributed by atoms with Gasteiger partial charge in [0.2, 0.25) is 0 Å². The molecule has 0 aliphatic carbocycles. The van der Waals surface area contributed by atoms with Gasteiger partial charge >= 0.3 is 12.0 Å². The number of rotatable bonds is 4. The SMILES string of the molecule is NC(=O)NN=Cc1cc(Cl)cc(Cl)c1OC(=O)c1c(F)cccc1F. The Kier molecular flexibility index (Phi) is 5.89. The molecule has 0 spiro atoms. The lowest BCUT2D eigenvalue weighted by atomic mass is 10.2. The second-order valence-electron chi connectivity index (χ2n) is 4.53. The zero-order valence-electron chi connectivity index (χ0n) is 12.2. The molecule has 0 unspecified atom stereocenters. The Morgan fingerprint density at radius 3 is 2.44 bits per heavy atom. The molecule has 6 nitrogen and oxygen atoms in total. The maximum Gasteiger partial charge on any atom is 0.349 e. The predicted octanol–water partition coefficient (Wildman–Crippen LogP) is 3.49. The minimum atomic E-state index is -1.31. The number of esters is 1. The largest absolute Gasteiger partial charge is 0.420 e. The number of nitrogens with zero attached hydrogens (tertiary/aromatic N) is 1. The molecule has 25 heavy (non-hydrogen) atoms. The van der Waals surface area contributed by atoms with E-state index in [-0.39, 0.29) is 21.4 Å². The maximum atomic E-state index is 13.7. The van der Waals surface area contributed by atoms with E-state index in [0.29, 0.717) is 0 Å². The molecule has 0 fully saturated rings. The van der Waals surface area contributed by atoms with Crippen LogP contribution < -0.4 is 15.9 Å². The normalized spacial score (nSPS) is 10.7. The third kappa shape index (κ3) is 4.65. The summed E-state index contributed by atoms with van der Waals surface area (Å²) in [5.74, 6) is -3.76. The molecule has 0 bridgehead atoms. The van der Waals surface area contributed by atoms with Crippen LogP contribution in [0.3, 0.4) is 0 Å². The molecule has 130 valence electrons. The van der Waals surface area contributed by atoms with E-state index < -0.39 is 29.2 Å². The molecule has 0 saturated heterocycles. The lowest BCUT2D eigenvalue weighted by Crippen LogP contribution is -2.24. The number of carbonyl (C=O) groups excluding carboxylic acids is 2. The fraction of sp³-hybridized carbons (Fsp3) is 0. The molecule has 10 heteroatoms. The number of halogens is 4. The first-order valence-electron chi connectivity index (χ1n) is 6.53. The minimum absolute atomic E-state index is 0.0661. The molecular weight excluding hydrogens is 379 g/mol. The van der Waals surface area contributed by atoms with Gasteiger partial charge in [0, 0.05) is 10.6 Å². The van der Waals surface area contributed by atoms with Crippen LogP contribution in [0.5, 0.6) is 5.75 Å². The number of primary amides is 1. The number of ether oxygens (including phenoxy) is 1. The third-order valence-corrected chi connectivity index (χ3v) is 3.28. The van der Waals surface area contributed by atoms with Gasteiger partial charge in [-0.3, -0.25) is 0 Å². The summed E-state index contributed by atoms with van der Waals surface area (Å²) >= 11 is 11.8. The highest BCUT2D eigenvalue weighted by atomic mass is 35.5. The predicted molar refractivity (Wildman–Crippen MR) is 88.1 cm³/mol. The van der Waals surface area contributed by atoms with E-state index in [4.69, 9.17) is 33.7 Å². The Bertz CT molecular complexity index is 855. The topological polar surface area (TPSA) is 93.8 Å². The van der Waals surface area contributed by atoms with Crippen LogP contribution >= 0.6 is 23.2 Å². The number of urea groups is 1. The highest BCUT2D eigenvalue weighted by molar-refractivity contribution is 6.36. The van der Waals surface area contributed by atoms with E-state index >= 15 is 0 Å². The van der Waals surface area contributed by atoms with Crippen LogP contribution in [0, 0.1) is 11.6 Å². The van der Waals surface area contributed by atoms with Crippen LogP contribution in [0.4, 0.5) is 13.6 Å². The molecule has 0 aromatic heterocycles. The summed E-state index contributed by atoms with van der Waals surface area (Å²) in [4.78, 5) is 22.7. The first kappa shape index (κ1) is 18.6. The standard InChI is InChI=1S/C15H9Cl2F2N3O3/c16-8-4-7(6-21-22-15(20)24)13(9(17)5-8)25-14(23)12-10(18)2-1-3-11(12)19/h1-6H,(H3,20,22,24). The zero-order valence-corrected chi connectivity index (χ0v) is 13.7. The van der Waals surface area contributed by atoms with Gasteiger partial charge in [0.15, 0.2) is 5.75 Å². The first-order chi connectivity index (χ1) is 11.8. The van der Waals surface area contributed by atoms with Crippen LogP contribution in [0.25, 0.3) is 0 Å². The molecule has 0 atom stereocenters. The van der Waals surface area contributed by atoms with E-state index in [1.54, 1.807) is 0 Å². The van der Waals surface area contributed by atoms with Gasteiger partial charge in [0.1, 0.15) is 17.2 Å². The summed E-state index contributed by atoms with van der Waals surface area (Å²) in [7, 11) is 0. The monoisotopic (exact) mass is 387 g/mol. The third-order valence-electron chi connectivity index (χ3n) is 2.78. The summed E-state index contributed by atoms with van der Waals surface area (Å²) in [6.07, 6.45) is 1.04. The van der Waals surface area contributed by atoms with Crippen molar-refractivity contribution in [2.45, 2.75) is 0 Å². The Labute approximate surface area is 150 Å². The van der Waals surface area contributed by atoms with Crippen LogP contribution in [0.2, 0.25) is 10.0 Å². The van der Waals surface area contributed by atoms with Crippen molar-refractivity contribution in [3.8, 4) is 5.75 Å². The number of nitrogens with two attached hydrogens (primary N) is 1. The summed E-state index contributed by atoms with van der Waals surface area (Å²) < 4.78 is 32.3. The number of hydrogen-bond acceptors (Lipinski definition) is 4. The highest BCUT2D eigenvalue weighted by Crippen LogP contribution is 2.32. The van der Waals surface area contributed by atoms with Crippen molar-refractivity contribution >= 4 is 41.4 Å². The smallest absolute Gasteiger partial charge is 0.349 e. The van der Waals surface area contributed by atoms with Gasteiger partial charge in [0.05, 0.1) is 11.2 Å². The van der Waals surface area contributed by atoms with Crippen molar-refractivity contribution in [2.75, 3.05) is 0 Å². The Morgan fingerprint density at radius 2 is 1.84 bits per heavy atom. The molecule has 0 aliphatic rings. The van der Waals surface area contributed by atoms with E-state index in [1.165, 1.54) is 12.1 Å². The molecule has 3 N–H and O–H groups in total. The number of benzene rings is 2. The van der Waals surface area contributed by atoms with E-state index in [9.17, 15) is 18.4 Å². The second kappa shape index (κ2) is 7.91. The number of hydrazone groups is 1. The lowest BCUT2D eigenvalue weighted by Gasteiger charge is -2.11. The average molecular weight is 388 g/mol. The molecule has 2 aromatic rings. The van der Waals surface area contributed by atoms with Gasteiger partial charge in [0.25, 0.3) is 0 Å². The van der Waals surface area contributed by atoms with Gasteiger partial charge < -0.3 is 10.5 Å². The van der Waals surface area contributed by atoms with E-state index in [1.807, 2.05) is 5.43 Å². The molecule has 0 saturated carbocycles. The minimum Gasteiger partial charge on any atom is -0.420 e. The van der Waals surface area contributed by atoms with Crippen LogP contribution in [0.15, 0.2) is 35.4 Å². The molecule has 0 heterocycles. The van der Waals surface area contributed by atoms with Gasteiger partial charge in [-0.05, 0) is 24.3 Å². The quantitative estimate of drug-likeness (QED) is 0.363. The molecule has 2 aromatic carbocycles. The molecule has 2 rings (SSSR count). The Hall–Kier alpha value is -2.71. The Morgan fingerprint density at radius 1 is 1.20 bits per heavy atom. The van der Waals surface area contributed by atoms with Gasteiger partial charge in [-0.2, -0.15) is 5.10 Å². The number of carbonyl (C=O) groups is 2. The maximum absolute atomic E-state index is 13.7. The summed E-state index contributed by atoms with van der Waals surface area (Å²) in [6.45, 7) is 0. The van der Waals surface area contributed by atoms with E-state index in [0.717, 1.165) is 24.4 Å². The number of amides is 2. The van der Waals surface area contributed by atoms with Crippen molar-refractivity contribution in [3.63, 3.8) is 0 Å². The highest BCUT2D eigenvalue weighted by Gasteiger charge is 2.22. The molecule has 0 aliphatic heterocycles. The molecule has 0 radical (unpaired) electrons. The van der Waals surface area contributed by atoms with Crippen LogP contribution in [0.1, 0.15) is 15.9 Å². The number of hydrogen-bond donors (Lipinski definition) is 2. The number of nitrogens with one attached hydrogen (secondary N) is 1. The zero-order chi connectivity index (χ0) is 18.6. The van der Waals surface area contributed by atoms with Crippen molar-refractivity contribution in [1.82, 2.24) is 5.43 Å². The summed E-state index contributed by atoms with van der Waals surface area (Å²) in [5.41, 5.74) is 5.97. The fourth-order valence-electron chi connectivity index (χ4n) is 1.79. The van der Waals surface area contributed by atoms with Crippen LogP contribution in [-0.2, 0) is 0 Å². The lowest BCUT2D eigenvalue weighted by molar-refractivity contribution is 0.0724. The van der Waals surface area contributed by atoms with Crippen LogP contribution in [-0.4, -0.2) is 18.2 Å². The second-order valence-corrected chi connectivity index (χ2v) is 5.37. The average Bonchev–Trinajstić information content (AvgIpc) is 2.50. The molecular formula is C15H9Cl2F2N3O3. The summed E-state index contributed by atoms with van der Waals surface area (Å²) in [6, 6.07) is 4.54. The van der Waals surface area contributed by atoms with Gasteiger partial charge in [-0.1, -0.05) is 29.3 Å². The van der Waals surface area contributed by atoms with Crippen molar-refractivity contribution in [3.05, 3.63) is 63.1 Å². The van der Waals surface area contributed by atoms with Gasteiger partial charge in [-0.25, -0.2) is 23.8 Å². The summed E-state index contributed by atoms with van der Waals surface area (Å²) in [5, 5.41) is 3.55. The van der Waals surface area contributed by atoms with Crippen molar-refractivity contribution in [2.24, 2.45) is 10.8 Å². The van der Waals surface area contributed by atoms with Gasteiger partial charge in [-0.15, -0.1) is 0 Å². The molecule has 2 amide bonds. The van der Waals surface area contributed by atoms with Crippen molar-refractivity contribution in [1.29, 1.82) is 0 Å². The fourth-order valence-corrected chi connectivity index (χ4v) is 2.33.